The van der Waals surface area contributed by atoms with Gasteiger partial charge in [-0.1, -0.05) is 34.1 Å². The van der Waals surface area contributed by atoms with E-state index in [1.54, 1.807) is 41.5 Å². The number of imide groups is 1. The maximum atomic E-state index is 13.6. The molecule has 2 heterocycles. The van der Waals surface area contributed by atoms with Gasteiger partial charge in [0.1, 0.15) is 5.92 Å². The van der Waals surface area contributed by atoms with Crippen molar-refractivity contribution in [2.45, 2.75) is 12.1 Å². The van der Waals surface area contributed by atoms with Crippen LogP contribution in [0.5, 0.6) is 11.5 Å². The number of aromatic hydroxyl groups is 1. The van der Waals surface area contributed by atoms with Crippen molar-refractivity contribution in [2.24, 2.45) is 5.92 Å². The first-order valence-electron chi connectivity index (χ1n) is 10.1. The maximum absolute atomic E-state index is 13.6. The van der Waals surface area contributed by atoms with E-state index in [1.807, 2.05) is 30.3 Å². The Morgan fingerprint density at radius 1 is 0.939 bits per heavy atom. The molecule has 2 amide bonds. The summed E-state index contributed by atoms with van der Waals surface area (Å²) in [5.41, 5.74) is 1.85. The van der Waals surface area contributed by atoms with Gasteiger partial charge in [-0.15, -0.1) is 0 Å². The fraction of sp³-hybridized carbons (Fsp3) is 0.167. The van der Waals surface area contributed by atoms with Crippen molar-refractivity contribution in [3.63, 3.8) is 0 Å². The van der Waals surface area contributed by atoms with Gasteiger partial charge in [0, 0.05) is 4.47 Å². The maximum Gasteiger partial charge on any atom is 0.266 e. The molecule has 7 nitrogen and oxygen atoms in total. The number of para-hydroxylation sites is 1. The van der Waals surface area contributed by atoms with Crippen LogP contribution in [-0.2, 0) is 14.4 Å². The standard InChI is InChI=1S/C24H18Br2N2O5/c1-32-18-12-13(11-17(26)21(18)29)20-19-22(33-28(20)16-5-3-2-4-6-16)24(31)27(23(19)30)15-9-7-14(25)8-10-15/h2-12,19-20,22,29H,1H3/t19-,20+,22-/m0/s1. The van der Waals surface area contributed by atoms with Crippen molar-refractivity contribution in [1.82, 2.24) is 0 Å². The average Bonchev–Trinajstić information content (AvgIpc) is 3.33. The summed E-state index contributed by atoms with van der Waals surface area (Å²) in [7, 11) is 1.45. The van der Waals surface area contributed by atoms with Crippen LogP contribution >= 0.6 is 31.9 Å². The van der Waals surface area contributed by atoms with Crippen LogP contribution in [0.2, 0.25) is 0 Å². The van der Waals surface area contributed by atoms with E-state index in [9.17, 15) is 14.7 Å². The van der Waals surface area contributed by atoms with E-state index in [0.717, 1.165) is 4.47 Å². The molecule has 0 saturated carbocycles. The van der Waals surface area contributed by atoms with Crippen molar-refractivity contribution < 1.29 is 24.3 Å². The molecule has 0 bridgehead atoms. The molecule has 0 aliphatic carbocycles. The molecular formula is C24H18Br2N2O5. The number of nitrogens with zero attached hydrogens (tertiary/aromatic N) is 2. The summed E-state index contributed by atoms with van der Waals surface area (Å²) < 4.78 is 6.58. The third kappa shape index (κ3) is 3.60. The summed E-state index contributed by atoms with van der Waals surface area (Å²) >= 11 is 6.74. The van der Waals surface area contributed by atoms with E-state index in [1.165, 1.54) is 12.0 Å². The number of rotatable bonds is 4. The number of anilines is 2. The molecule has 0 unspecified atom stereocenters. The summed E-state index contributed by atoms with van der Waals surface area (Å²) in [5.74, 6) is -1.35. The molecular weight excluding hydrogens is 556 g/mol. The van der Waals surface area contributed by atoms with Gasteiger partial charge >= 0.3 is 0 Å². The molecule has 33 heavy (non-hydrogen) atoms. The number of hydroxylamine groups is 1. The molecule has 168 valence electrons. The molecule has 2 aliphatic heterocycles. The number of fused-ring (bicyclic) bond motifs is 1. The van der Waals surface area contributed by atoms with Gasteiger partial charge in [-0.3, -0.25) is 14.4 Å². The lowest BCUT2D eigenvalue weighted by Gasteiger charge is -2.29. The highest BCUT2D eigenvalue weighted by molar-refractivity contribution is 9.10. The van der Waals surface area contributed by atoms with Crippen LogP contribution < -0.4 is 14.7 Å². The number of amides is 2. The van der Waals surface area contributed by atoms with E-state index in [2.05, 4.69) is 31.9 Å². The van der Waals surface area contributed by atoms with Crippen LogP contribution in [0.25, 0.3) is 0 Å². The number of methoxy groups -OCH3 is 1. The summed E-state index contributed by atoms with van der Waals surface area (Å²) in [5, 5.41) is 11.9. The van der Waals surface area contributed by atoms with Gasteiger partial charge in [-0.25, -0.2) is 9.96 Å². The van der Waals surface area contributed by atoms with E-state index < -0.39 is 24.0 Å². The van der Waals surface area contributed by atoms with Crippen molar-refractivity contribution in [3.05, 3.63) is 81.2 Å². The lowest BCUT2D eigenvalue weighted by molar-refractivity contribution is -0.126. The first-order chi connectivity index (χ1) is 15.9. The number of benzene rings is 3. The minimum absolute atomic E-state index is 0.0479. The molecule has 0 aromatic heterocycles. The van der Waals surface area contributed by atoms with Crippen molar-refractivity contribution in [1.29, 1.82) is 0 Å². The second kappa shape index (κ2) is 8.48. The highest BCUT2D eigenvalue weighted by Gasteiger charge is 2.60. The molecule has 3 aromatic rings. The minimum Gasteiger partial charge on any atom is -0.503 e. The van der Waals surface area contributed by atoms with Crippen molar-refractivity contribution in [3.8, 4) is 11.5 Å². The fourth-order valence-corrected chi connectivity index (χ4v) is 5.04. The topological polar surface area (TPSA) is 79.3 Å². The zero-order valence-corrected chi connectivity index (χ0v) is 20.5. The molecule has 2 fully saturated rings. The van der Waals surface area contributed by atoms with E-state index in [4.69, 9.17) is 9.57 Å². The van der Waals surface area contributed by atoms with Gasteiger partial charge in [0.2, 0.25) is 5.91 Å². The molecule has 3 aromatic carbocycles. The summed E-state index contributed by atoms with van der Waals surface area (Å²) in [6, 6.07) is 19.0. The van der Waals surface area contributed by atoms with Crippen LogP contribution in [-0.4, -0.2) is 30.1 Å². The monoisotopic (exact) mass is 572 g/mol. The van der Waals surface area contributed by atoms with Gasteiger partial charge in [0.15, 0.2) is 17.6 Å². The Kier molecular flexibility index (Phi) is 5.64. The Bertz CT molecular complexity index is 1240. The number of phenolic OH excluding ortho intramolecular Hbond substituents is 1. The van der Waals surface area contributed by atoms with Crippen molar-refractivity contribution in [2.75, 3.05) is 17.1 Å². The molecule has 0 radical (unpaired) electrons. The van der Waals surface area contributed by atoms with Gasteiger partial charge in [0.05, 0.1) is 29.0 Å². The third-order valence-corrected chi connectivity index (χ3v) is 6.96. The largest absolute Gasteiger partial charge is 0.503 e. The summed E-state index contributed by atoms with van der Waals surface area (Å²) in [6.45, 7) is 0. The van der Waals surface area contributed by atoms with Crippen molar-refractivity contribution >= 4 is 55.0 Å². The average molecular weight is 574 g/mol. The Labute approximate surface area is 206 Å². The number of carbonyl (C=O) groups excluding carboxylic acids is 2. The van der Waals surface area contributed by atoms with Gasteiger partial charge < -0.3 is 9.84 Å². The van der Waals surface area contributed by atoms with Crippen LogP contribution in [0.3, 0.4) is 0 Å². The minimum atomic E-state index is -0.982. The molecule has 0 spiro atoms. The Hall–Kier alpha value is -2.88. The molecule has 2 aliphatic rings. The normalized spacial score (nSPS) is 22.1. The Morgan fingerprint density at radius 2 is 1.64 bits per heavy atom. The molecule has 9 heteroatoms. The number of phenols is 1. The summed E-state index contributed by atoms with van der Waals surface area (Å²) in [6.07, 6.45) is -0.982. The second-order valence-electron chi connectivity index (χ2n) is 7.70. The van der Waals surface area contributed by atoms with Gasteiger partial charge in [-0.05, 0) is 70.0 Å². The molecule has 2 saturated heterocycles. The van der Waals surface area contributed by atoms with Crippen LogP contribution in [0.1, 0.15) is 11.6 Å². The molecule has 1 N–H and O–H groups in total. The number of halogens is 2. The Balaban J connectivity index is 1.62. The van der Waals surface area contributed by atoms with Crippen LogP contribution in [0, 0.1) is 5.92 Å². The number of hydrogen-bond donors (Lipinski definition) is 1. The highest BCUT2D eigenvalue weighted by atomic mass is 79.9. The highest BCUT2D eigenvalue weighted by Crippen LogP contribution is 2.49. The fourth-order valence-electron chi connectivity index (χ4n) is 4.32. The molecule has 5 rings (SSSR count). The SMILES string of the molecule is COc1cc([C@@H]2[C@@H]3C(=O)N(c4ccc(Br)cc4)C(=O)[C@H]3ON2c2ccccc2)cc(Br)c1O. The van der Waals surface area contributed by atoms with Gasteiger partial charge in [0.25, 0.3) is 5.91 Å². The smallest absolute Gasteiger partial charge is 0.266 e. The number of hydrogen-bond acceptors (Lipinski definition) is 6. The van der Waals surface area contributed by atoms with Crippen LogP contribution in [0.15, 0.2) is 75.7 Å². The lowest BCUT2D eigenvalue weighted by Crippen LogP contribution is -2.37. The quantitative estimate of drug-likeness (QED) is 0.444. The lowest BCUT2D eigenvalue weighted by atomic mass is 9.90. The first-order valence-corrected chi connectivity index (χ1v) is 11.7. The van der Waals surface area contributed by atoms with E-state index in [-0.39, 0.29) is 17.4 Å². The number of ether oxygens (including phenoxy) is 1. The van der Waals surface area contributed by atoms with Gasteiger partial charge in [-0.2, -0.15) is 0 Å². The Morgan fingerprint density at radius 3 is 2.30 bits per heavy atom. The predicted molar refractivity (Wildman–Crippen MR) is 129 cm³/mol. The van der Waals surface area contributed by atoms with E-state index >= 15 is 0 Å². The molecule has 3 atom stereocenters. The summed E-state index contributed by atoms with van der Waals surface area (Å²) in [4.78, 5) is 34.3. The number of carbonyl (C=O) groups is 2. The second-order valence-corrected chi connectivity index (χ2v) is 9.47. The first kappa shape index (κ1) is 21.9. The third-order valence-electron chi connectivity index (χ3n) is 5.82. The predicted octanol–water partition coefficient (Wildman–Crippen LogP) is 4.98. The van der Waals surface area contributed by atoms with Crippen LogP contribution in [0.4, 0.5) is 11.4 Å². The van der Waals surface area contributed by atoms with E-state index in [0.29, 0.717) is 21.4 Å². The zero-order chi connectivity index (χ0) is 23.3. The zero-order valence-electron chi connectivity index (χ0n) is 17.3.